The first-order chi connectivity index (χ1) is 13.8. The molecular weight excluding hydrogens is 346 g/mol. The molecule has 0 bridgehead atoms. The van der Waals surface area contributed by atoms with Crippen LogP contribution in [0.15, 0.2) is 91.0 Å². The second kappa shape index (κ2) is 9.86. The van der Waals surface area contributed by atoms with Crippen LogP contribution in [0.3, 0.4) is 0 Å². The minimum atomic E-state index is -0.788. The third kappa shape index (κ3) is 4.49. The third-order valence-electron chi connectivity index (χ3n) is 4.92. The number of rotatable bonds is 9. The highest BCUT2D eigenvalue weighted by molar-refractivity contribution is 5.69. The molecule has 0 atom stereocenters. The van der Waals surface area contributed by atoms with Gasteiger partial charge in [0.1, 0.15) is 5.54 Å². The van der Waals surface area contributed by atoms with E-state index in [-0.39, 0.29) is 5.97 Å². The molecule has 28 heavy (non-hydrogen) atoms. The zero-order valence-corrected chi connectivity index (χ0v) is 16.3. The average Bonchev–Trinajstić information content (AvgIpc) is 2.77. The van der Waals surface area contributed by atoms with Crippen LogP contribution in [-0.4, -0.2) is 5.97 Å². The Morgan fingerprint density at radius 1 is 0.750 bits per heavy atom. The summed E-state index contributed by atoms with van der Waals surface area (Å²) in [5.74, 6) is -0.236. The van der Waals surface area contributed by atoms with E-state index in [1.54, 1.807) is 0 Å². The van der Waals surface area contributed by atoms with E-state index in [0.717, 1.165) is 36.0 Å². The van der Waals surface area contributed by atoms with Crippen LogP contribution in [0.1, 0.15) is 49.3 Å². The van der Waals surface area contributed by atoms with Gasteiger partial charge in [-0.1, -0.05) is 111 Å². The molecule has 3 aromatic rings. The first-order valence-electron chi connectivity index (χ1n) is 9.91. The monoisotopic (exact) mass is 373 g/mol. The van der Waals surface area contributed by atoms with Crippen molar-refractivity contribution in [1.82, 2.24) is 5.48 Å². The molecule has 0 aliphatic rings. The zero-order chi connectivity index (χ0) is 19.7. The van der Waals surface area contributed by atoms with Crippen LogP contribution < -0.4 is 5.48 Å². The van der Waals surface area contributed by atoms with Crippen LogP contribution in [0, 0.1) is 0 Å². The predicted octanol–water partition coefficient (Wildman–Crippen LogP) is 5.61. The topological polar surface area (TPSA) is 38.3 Å². The Labute approximate surface area is 167 Å². The Hall–Kier alpha value is -2.91. The van der Waals surface area contributed by atoms with Crippen molar-refractivity contribution in [3.8, 4) is 0 Å². The molecule has 0 radical (unpaired) electrons. The number of carbonyl (C=O) groups is 1. The molecule has 0 aromatic heterocycles. The quantitative estimate of drug-likeness (QED) is 0.301. The Morgan fingerprint density at radius 2 is 1.18 bits per heavy atom. The van der Waals surface area contributed by atoms with Crippen molar-refractivity contribution in [2.45, 2.75) is 38.1 Å². The predicted molar refractivity (Wildman–Crippen MR) is 113 cm³/mol. The number of benzene rings is 3. The van der Waals surface area contributed by atoms with Gasteiger partial charge in [0.15, 0.2) is 0 Å². The molecule has 1 N–H and O–H groups in total. The molecule has 0 unspecified atom stereocenters. The third-order valence-corrected chi connectivity index (χ3v) is 4.92. The van der Waals surface area contributed by atoms with Crippen LogP contribution in [0.4, 0.5) is 0 Å². The van der Waals surface area contributed by atoms with Gasteiger partial charge >= 0.3 is 5.97 Å². The summed E-state index contributed by atoms with van der Waals surface area (Å²) in [4.78, 5) is 18.0. The van der Waals surface area contributed by atoms with Crippen LogP contribution in [0.5, 0.6) is 0 Å². The Balaban J connectivity index is 2.03. The van der Waals surface area contributed by atoms with Gasteiger partial charge in [-0.2, -0.15) is 0 Å². The molecule has 3 aromatic carbocycles. The maximum Gasteiger partial charge on any atom is 0.324 e. The molecule has 3 nitrogen and oxygen atoms in total. The first kappa shape index (κ1) is 19.8. The lowest BCUT2D eigenvalue weighted by molar-refractivity contribution is -0.154. The maximum absolute atomic E-state index is 12.4. The Kier molecular flexibility index (Phi) is 6.99. The van der Waals surface area contributed by atoms with Gasteiger partial charge in [-0.3, -0.25) is 4.79 Å². The normalized spacial score (nSPS) is 11.2. The van der Waals surface area contributed by atoms with Crippen LogP contribution >= 0.6 is 0 Å². The Bertz CT molecular complexity index is 751. The molecule has 144 valence electrons. The maximum atomic E-state index is 12.4. The fourth-order valence-electron chi connectivity index (χ4n) is 3.45. The molecule has 0 saturated heterocycles. The molecule has 3 rings (SSSR count). The van der Waals surface area contributed by atoms with Crippen molar-refractivity contribution in [2.75, 3.05) is 0 Å². The molecule has 0 aliphatic heterocycles. The lowest BCUT2D eigenvalue weighted by Gasteiger charge is -2.35. The summed E-state index contributed by atoms with van der Waals surface area (Å²) in [5, 5.41) is 0. The Morgan fingerprint density at radius 3 is 1.57 bits per heavy atom. The number of hydroxylamine groups is 1. The SMILES string of the molecule is CCCCCC(=O)ONC(c1ccccc1)(c1ccccc1)c1ccccc1. The van der Waals surface area contributed by atoms with Gasteiger partial charge in [0.05, 0.1) is 0 Å². The van der Waals surface area contributed by atoms with Gasteiger partial charge in [-0.15, -0.1) is 5.48 Å². The van der Waals surface area contributed by atoms with E-state index < -0.39 is 5.54 Å². The minimum Gasteiger partial charge on any atom is -0.369 e. The smallest absolute Gasteiger partial charge is 0.324 e. The fourth-order valence-corrected chi connectivity index (χ4v) is 3.45. The lowest BCUT2D eigenvalue weighted by Crippen LogP contribution is -2.45. The number of hydrogen-bond donors (Lipinski definition) is 1. The van der Waals surface area contributed by atoms with E-state index in [1.807, 2.05) is 54.6 Å². The van der Waals surface area contributed by atoms with Crippen LogP contribution in [0.25, 0.3) is 0 Å². The lowest BCUT2D eigenvalue weighted by atomic mass is 9.78. The van der Waals surface area contributed by atoms with E-state index in [4.69, 9.17) is 4.84 Å². The summed E-state index contributed by atoms with van der Waals surface area (Å²) >= 11 is 0. The second-order valence-corrected chi connectivity index (χ2v) is 6.88. The number of unbranched alkanes of at least 4 members (excludes halogenated alkanes) is 2. The molecule has 0 heterocycles. The fraction of sp³-hybridized carbons (Fsp3) is 0.240. The van der Waals surface area contributed by atoms with Crippen molar-refractivity contribution in [2.24, 2.45) is 0 Å². The number of hydrogen-bond acceptors (Lipinski definition) is 3. The van der Waals surface area contributed by atoms with Gasteiger partial charge in [0, 0.05) is 6.42 Å². The van der Waals surface area contributed by atoms with Crippen molar-refractivity contribution in [1.29, 1.82) is 0 Å². The summed E-state index contributed by atoms with van der Waals surface area (Å²) in [6, 6.07) is 30.3. The number of nitrogens with one attached hydrogen (secondary N) is 1. The standard InChI is InChI=1S/C25H27NO2/c1-2-3-7-20-24(27)28-26-25(21-14-8-4-9-15-21,22-16-10-5-11-17-22)23-18-12-6-13-19-23/h4-6,8-19,26H,2-3,7,20H2,1H3. The van der Waals surface area contributed by atoms with Crippen molar-refractivity contribution in [3.63, 3.8) is 0 Å². The summed E-state index contributed by atoms with van der Waals surface area (Å²) in [5.41, 5.74) is 5.40. The van der Waals surface area contributed by atoms with Gasteiger partial charge in [0.25, 0.3) is 0 Å². The zero-order valence-electron chi connectivity index (χ0n) is 16.3. The largest absolute Gasteiger partial charge is 0.369 e. The van der Waals surface area contributed by atoms with Gasteiger partial charge < -0.3 is 4.84 Å². The molecule has 0 spiro atoms. The summed E-state index contributed by atoms with van der Waals surface area (Å²) in [6.45, 7) is 2.12. The van der Waals surface area contributed by atoms with Crippen molar-refractivity contribution < 1.29 is 9.63 Å². The average molecular weight is 373 g/mol. The van der Waals surface area contributed by atoms with Gasteiger partial charge in [-0.05, 0) is 23.1 Å². The highest BCUT2D eigenvalue weighted by Crippen LogP contribution is 2.36. The van der Waals surface area contributed by atoms with Gasteiger partial charge in [-0.25, -0.2) is 0 Å². The minimum absolute atomic E-state index is 0.236. The summed E-state index contributed by atoms with van der Waals surface area (Å²) in [7, 11) is 0. The highest BCUT2D eigenvalue weighted by Gasteiger charge is 2.37. The summed E-state index contributed by atoms with van der Waals surface area (Å²) in [6.07, 6.45) is 3.35. The molecule has 0 aliphatic carbocycles. The van der Waals surface area contributed by atoms with Crippen LogP contribution in [-0.2, 0) is 15.2 Å². The second-order valence-electron chi connectivity index (χ2n) is 6.88. The molecule has 0 amide bonds. The van der Waals surface area contributed by atoms with Gasteiger partial charge in [0.2, 0.25) is 0 Å². The van der Waals surface area contributed by atoms with Crippen LogP contribution in [0.2, 0.25) is 0 Å². The summed E-state index contributed by atoms with van der Waals surface area (Å²) < 4.78 is 0. The van der Waals surface area contributed by atoms with E-state index in [2.05, 4.69) is 48.8 Å². The van der Waals surface area contributed by atoms with E-state index >= 15 is 0 Å². The molecule has 3 heteroatoms. The highest BCUT2D eigenvalue weighted by atomic mass is 16.7. The first-order valence-corrected chi connectivity index (χ1v) is 9.91. The van der Waals surface area contributed by atoms with E-state index in [0.29, 0.717) is 6.42 Å². The molecular formula is C25H27NO2. The number of carbonyl (C=O) groups excluding carboxylic acids is 1. The van der Waals surface area contributed by atoms with Crippen molar-refractivity contribution >= 4 is 5.97 Å². The van der Waals surface area contributed by atoms with Crippen molar-refractivity contribution in [3.05, 3.63) is 108 Å². The van der Waals surface area contributed by atoms with E-state index in [9.17, 15) is 4.79 Å². The molecule has 0 saturated carbocycles. The van der Waals surface area contributed by atoms with E-state index in [1.165, 1.54) is 0 Å². The molecule has 0 fully saturated rings.